The molecular weight excluding hydrogens is 482 g/mol. The molecule has 0 aromatic heterocycles. The first-order valence-electron chi connectivity index (χ1n) is 13.1. The summed E-state index contributed by atoms with van der Waals surface area (Å²) >= 11 is 0. The fourth-order valence-electron chi connectivity index (χ4n) is 4.90. The van der Waals surface area contributed by atoms with Gasteiger partial charge in [0, 0.05) is 71.9 Å². The van der Waals surface area contributed by atoms with Crippen molar-refractivity contribution in [2.45, 2.75) is 51.4 Å². The van der Waals surface area contributed by atoms with E-state index in [4.69, 9.17) is 25.7 Å². The van der Waals surface area contributed by atoms with Gasteiger partial charge in [-0.25, -0.2) is 9.59 Å². The Morgan fingerprint density at radius 1 is 1.03 bits per heavy atom. The Kier molecular flexibility index (Phi) is 9.96. The number of nitrogens with zero attached hydrogens (tertiary/aromatic N) is 5. The van der Waals surface area contributed by atoms with E-state index in [-0.39, 0.29) is 24.5 Å². The lowest BCUT2D eigenvalue weighted by Gasteiger charge is -2.41. The van der Waals surface area contributed by atoms with Crippen LogP contribution >= 0.6 is 0 Å². The van der Waals surface area contributed by atoms with Crippen molar-refractivity contribution in [3.8, 4) is 0 Å². The number of amides is 2. The van der Waals surface area contributed by atoms with Crippen LogP contribution in [-0.2, 0) is 14.3 Å². The normalized spacial score (nSPS) is 24.2. The third-order valence-corrected chi connectivity index (χ3v) is 6.88. The van der Waals surface area contributed by atoms with Crippen molar-refractivity contribution in [2.24, 2.45) is 5.73 Å². The van der Waals surface area contributed by atoms with Crippen molar-refractivity contribution < 1.29 is 29.0 Å². The molecule has 3 rings (SSSR count). The first-order chi connectivity index (χ1) is 17.4. The summed E-state index contributed by atoms with van der Waals surface area (Å²) < 4.78 is 11.1. The molecule has 0 bridgehead atoms. The standard InChI is InChI=1S/C24H43N7O6/c1-24(2,3)37-23(35)31-14-12-29(17-19(31)21(25)26)11-13-30-16-18(36-22(30)34)15-28-9-7-27(8-10-28)6-4-5-20(32)33/h18-19H,4-17H2,1-3H3,(H3,25,26)(H,32,33). The van der Waals surface area contributed by atoms with Gasteiger partial charge >= 0.3 is 18.2 Å². The quantitative estimate of drug-likeness (QED) is 0.265. The molecule has 13 heteroatoms. The number of nitrogens with two attached hydrogens (primary N) is 1. The molecule has 0 aliphatic carbocycles. The molecule has 13 nitrogen and oxygen atoms in total. The molecule has 3 aliphatic rings. The highest BCUT2D eigenvalue weighted by Gasteiger charge is 2.37. The summed E-state index contributed by atoms with van der Waals surface area (Å²) in [7, 11) is 0. The summed E-state index contributed by atoms with van der Waals surface area (Å²) in [6.45, 7) is 13.5. The fourth-order valence-corrected chi connectivity index (χ4v) is 4.90. The number of carboxylic acid groups (broad SMARTS) is 1. The molecule has 210 valence electrons. The smallest absolute Gasteiger partial charge is 0.411 e. The topological polar surface area (TPSA) is 156 Å². The lowest BCUT2D eigenvalue weighted by atomic mass is 10.1. The monoisotopic (exact) mass is 525 g/mol. The first-order valence-corrected chi connectivity index (χ1v) is 13.1. The molecule has 3 saturated heterocycles. The van der Waals surface area contributed by atoms with Gasteiger partial charge in [0.25, 0.3) is 0 Å². The van der Waals surface area contributed by atoms with Gasteiger partial charge in [0.2, 0.25) is 0 Å². The number of carbonyl (C=O) groups is 3. The van der Waals surface area contributed by atoms with Gasteiger partial charge in [0.05, 0.1) is 6.54 Å². The summed E-state index contributed by atoms with van der Waals surface area (Å²) in [4.78, 5) is 45.6. The number of hydrogen-bond donors (Lipinski definition) is 3. The molecule has 0 radical (unpaired) electrons. The van der Waals surface area contributed by atoms with Gasteiger partial charge in [0.1, 0.15) is 23.6 Å². The predicted molar refractivity (Wildman–Crippen MR) is 137 cm³/mol. The lowest BCUT2D eigenvalue weighted by Crippen LogP contribution is -2.61. The second kappa shape index (κ2) is 12.7. The van der Waals surface area contributed by atoms with Crippen LogP contribution in [0.3, 0.4) is 0 Å². The number of piperazine rings is 2. The van der Waals surface area contributed by atoms with E-state index in [0.29, 0.717) is 52.2 Å². The van der Waals surface area contributed by atoms with Crippen molar-refractivity contribution in [3.05, 3.63) is 0 Å². The minimum atomic E-state index is -0.757. The maximum absolute atomic E-state index is 12.6. The van der Waals surface area contributed by atoms with E-state index < -0.39 is 23.7 Å². The van der Waals surface area contributed by atoms with Crippen LogP contribution in [0.5, 0.6) is 0 Å². The van der Waals surface area contributed by atoms with Crippen LogP contribution < -0.4 is 5.73 Å². The van der Waals surface area contributed by atoms with Crippen LogP contribution in [0.15, 0.2) is 0 Å². The van der Waals surface area contributed by atoms with Crippen LogP contribution in [-0.4, -0.2) is 150 Å². The van der Waals surface area contributed by atoms with Crippen molar-refractivity contribution in [1.82, 2.24) is 24.5 Å². The Morgan fingerprint density at radius 3 is 2.30 bits per heavy atom. The van der Waals surface area contributed by atoms with E-state index in [1.165, 1.54) is 4.90 Å². The molecule has 0 aromatic rings. The average Bonchev–Trinajstić information content (AvgIpc) is 3.16. The number of carboxylic acids is 1. The van der Waals surface area contributed by atoms with Gasteiger partial charge in [-0.05, 0) is 33.7 Å². The van der Waals surface area contributed by atoms with Gasteiger partial charge in [-0.1, -0.05) is 0 Å². The van der Waals surface area contributed by atoms with Gasteiger partial charge in [-0.15, -0.1) is 0 Å². The van der Waals surface area contributed by atoms with Crippen LogP contribution in [0, 0.1) is 5.41 Å². The predicted octanol–water partition coefficient (Wildman–Crippen LogP) is 0.147. The summed E-state index contributed by atoms with van der Waals surface area (Å²) in [5.41, 5.74) is 5.18. The minimum Gasteiger partial charge on any atom is -0.481 e. The SMILES string of the molecule is CC(C)(C)OC(=O)N1CCN(CCN2CC(CN3CCN(CCCC(=O)O)CC3)OC2=O)CC1C(=N)N. The van der Waals surface area contributed by atoms with Crippen molar-refractivity contribution in [3.63, 3.8) is 0 Å². The number of rotatable bonds is 10. The lowest BCUT2D eigenvalue weighted by molar-refractivity contribution is -0.137. The van der Waals surface area contributed by atoms with E-state index in [1.807, 2.05) is 0 Å². The van der Waals surface area contributed by atoms with E-state index in [2.05, 4.69) is 14.7 Å². The highest BCUT2D eigenvalue weighted by atomic mass is 16.6. The fraction of sp³-hybridized carbons (Fsp3) is 0.833. The maximum atomic E-state index is 12.6. The Hall–Kier alpha value is -2.64. The molecule has 4 N–H and O–H groups in total. The Bertz CT molecular complexity index is 827. The third kappa shape index (κ3) is 9.00. The second-order valence-corrected chi connectivity index (χ2v) is 11.0. The molecule has 3 heterocycles. The van der Waals surface area contributed by atoms with E-state index in [0.717, 1.165) is 32.7 Å². The molecule has 0 aromatic carbocycles. The first kappa shape index (κ1) is 28.9. The average molecular weight is 526 g/mol. The highest BCUT2D eigenvalue weighted by molar-refractivity contribution is 5.87. The second-order valence-electron chi connectivity index (χ2n) is 11.0. The Balaban J connectivity index is 1.39. The Morgan fingerprint density at radius 2 is 1.68 bits per heavy atom. The van der Waals surface area contributed by atoms with Crippen LogP contribution in [0.2, 0.25) is 0 Å². The van der Waals surface area contributed by atoms with Gasteiger partial charge in [0.15, 0.2) is 0 Å². The zero-order chi connectivity index (χ0) is 27.2. The van der Waals surface area contributed by atoms with Crippen LogP contribution in [0.1, 0.15) is 33.6 Å². The van der Waals surface area contributed by atoms with Crippen LogP contribution in [0.4, 0.5) is 9.59 Å². The molecule has 3 fully saturated rings. The molecule has 2 atom stereocenters. The van der Waals surface area contributed by atoms with Crippen molar-refractivity contribution >= 4 is 24.0 Å². The molecule has 3 aliphatic heterocycles. The van der Waals surface area contributed by atoms with Gasteiger partial charge in [-0.3, -0.25) is 24.9 Å². The largest absolute Gasteiger partial charge is 0.481 e. The number of hydrogen-bond acceptors (Lipinski definition) is 9. The zero-order valence-corrected chi connectivity index (χ0v) is 22.4. The van der Waals surface area contributed by atoms with Crippen molar-refractivity contribution in [1.29, 1.82) is 5.41 Å². The molecule has 0 saturated carbocycles. The number of carbonyl (C=O) groups excluding carboxylic acids is 2. The van der Waals surface area contributed by atoms with Crippen molar-refractivity contribution in [2.75, 3.05) is 78.5 Å². The van der Waals surface area contributed by atoms with Crippen LogP contribution in [0.25, 0.3) is 0 Å². The van der Waals surface area contributed by atoms with E-state index in [9.17, 15) is 14.4 Å². The molecular formula is C24H43N7O6. The van der Waals surface area contributed by atoms with Gasteiger partial charge in [-0.2, -0.15) is 0 Å². The van der Waals surface area contributed by atoms with Gasteiger partial charge < -0.3 is 30.1 Å². The summed E-state index contributed by atoms with van der Waals surface area (Å²) in [6, 6.07) is -0.565. The molecule has 2 amide bonds. The van der Waals surface area contributed by atoms with E-state index >= 15 is 0 Å². The number of cyclic esters (lactones) is 1. The summed E-state index contributed by atoms with van der Waals surface area (Å²) in [5, 5.41) is 16.8. The maximum Gasteiger partial charge on any atom is 0.411 e. The summed E-state index contributed by atoms with van der Waals surface area (Å²) in [5.74, 6) is -0.842. The Labute approximate surface area is 218 Å². The third-order valence-electron chi connectivity index (χ3n) is 6.88. The minimum absolute atomic E-state index is 0.0850. The highest BCUT2D eigenvalue weighted by Crippen LogP contribution is 2.18. The molecule has 2 unspecified atom stereocenters. The zero-order valence-electron chi connectivity index (χ0n) is 22.4. The molecule has 0 spiro atoms. The molecule has 37 heavy (non-hydrogen) atoms. The number of amidine groups is 1. The number of nitrogens with one attached hydrogen (secondary N) is 1. The number of ether oxygens (including phenoxy) is 2. The van der Waals surface area contributed by atoms with E-state index in [1.54, 1.807) is 25.7 Å². The number of aliphatic carboxylic acids is 1. The summed E-state index contributed by atoms with van der Waals surface area (Å²) in [6.07, 6.45) is -0.108.